The quantitative estimate of drug-likeness (QED) is 0.830. The summed E-state index contributed by atoms with van der Waals surface area (Å²) in [5, 5.41) is 7.70. The van der Waals surface area contributed by atoms with E-state index in [9.17, 15) is 4.79 Å². The van der Waals surface area contributed by atoms with Crippen molar-refractivity contribution in [2.75, 3.05) is 38.2 Å². The molecule has 0 unspecified atom stereocenters. The number of benzene rings is 1. The Hall–Kier alpha value is -2.57. The fraction of sp³-hybridized carbons (Fsp3) is 0.471. The molecule has 2 heterocycles. The van der Waals surface area contributed by atoms with E-state index in [4.69, 9.17) is 9.15 Å². The van der Waals surface area contributed by atoms with Crippen molar-refractivity contribution >= 4 is 11.6 Å². The second kappa shape index (κ2) is 7.33. The van der Waals surface area contributed by atoms with Crippen LogP contribution in [0, 0.1) is 6.92 Å². The Kier molecular flexibility index (Phi) is 4.98. The predicted molar refractivity (Wildman–Crippen MR) is 89.1 cm³/mol. The smallest absolute Gasteiger partial charge is 0.223 e. The standard InChI is InChI=1S/C17H22N4O3/c1-13-18-19-16(24-13)7-8-17(22)21-11-9-20(10-12-21)14-3-5-15(23-2)6-4-14/h3-6H,7-12H2,1-2H3. The number of anilines is 1. The number of carbonyl (C=O) groups is 1. The lowest BCUT2D eigenvalue weighted by Gasteiger charge is -2.36. The summed E-state index contributed by atoms with van der Waals surface area (Å²) in [5.41, 5.74) is 1.16. The lowest BCUT2D eigenvalue weighted by atomic mass is 10.2. The molecule has 0 aliphatic carbocycles. The molecule has 3 rings (SSSR count). The summed E-state index contributed by atoms with van der Waals surface area (Å²) in [4.78, 5) is 16.5. The first kappa shape index (κ1) is 16.3. The summed E-state index contributed by atoms with van der Waals surface area (Å²) in [5.74, 6) is 2.05. The number of carbonyl (C=O) groups excluding carboxylic acids is 1. The van der Waals surface area contributed by atoms with E-state index in [1.807, 2.05) is 29.2 Å². The van der Waals surface area contributed by atoms with Crippen LogP contribution >= 0.6 is 0 Å². The number of hydrogen-bond donors (Lipinski definition) is 0. The van der Waals surface area contributed by atoms with Crippen LogP contribution in [0.5, 0.6) is 5.75 Å². The van der Waals surface area contributed by atoms with Gasteiger partial charge >= 0.3 is 0 Å². The molecule has 128 valence electrons. The van der Waals surface area contributed by atoms with Gasteiger partial charge in [0.15, 0.2) is 0 Å². The van der Waals surface area contributed by atoms with E-state index in [-0.39, 0.29) is 5.91 Å². The molecule has 1 aromatic carbocycles. The van der Waals surface area contributed by atoms with Crippen molar-refractivity contribution < 1.29 is 13.9 Å². The van der Waals surface area contributed by atoms with Gasteiger partial charge in [0.25, 0.3) is 0 Å². The summed E-state index contributed by atoms with van der Waals surface area (Å²) in [6.07, 6.45) is 0.905. The number of aryl methyl sites for hydroxylation is 2. The van der Waals surface area contributed by atoms with Gasteiger partial charge in [-0.15, -0.1) is 10.2 Å². The van der Waals surface area contributed by atoms with Gasteiger partial charge in [-0.25, -0.2) is 0 Å². The van der Waals surface area contributed by atoms with Crippen LogP contribution in [0.2, 0.25) is 0 Å². The minimum atomic E-state index is 0.139. The molecule has 2 aromatic rings. The number of rotatable bonds is 5. The molecule has 1 aromatic heterocycles. The van der Waals surface area contributed by atoms with Gasteiger partial charge in [-0.2, -0.15) is 0 Å². The highest BCUT2D eigenvalue weighted by molar-refractivity contribution is 5.76. The van der Waals surface area contributed by atoms with Gasteiger partial charge in [0.1, 0.15) is 5.75 Å². The highest BCUT2D eigenvalue weighted by Crippen LogP contribution is 2.20. The van der Waals surface area contributed by atoms with Crippen LogP contribution in [-0.2, 0) is 11.2 Å². The van der Waals surface area contributed by atoms with Crippen LogP contribution in [0.4, 0.5) is 5.69 Å². The van der Waals surface area contributed by atoms with Gasteiger partial charge in [-0.1, -0.05) is 0 Å². The predicted octanol–water partition coefficient (Wildman–Crippen LogP) is 1.67. The average molecular weight is 330 g/mol. The largest absolute Gasteiger partial charge is 0.497 e. The molecule has 1 aliphatic rings. The monoisotopic (exact) mass is 330 g/mol. The molecule has 1 saturated heterocycles. The van der Waals surface area contributed by atoms with Gasteiger partial charge in [0.2, 0.25) is 17.7 Å². The molecule has 1 aliphatic heterocycles. The summed E-state index contributed by atoms with van der Waals surface area (Å²) in [6.45, 7) is 4.87. The minimum absolute atomic E-state index is 0.139. The molecule has 0 radical (unpaired) electrons. The second-order valence-corrected chi connectivity index (χ2v) is 5.78. The molecule has 7 heteroatoms. The van der Waals surface area contributed by atoms with Crippen molar-refractivity contribution in [1.82, 2.24) is 15.1 Å². The summed E-state index contributed by atoms with van der Waals surface area (Å²) >= 11 is 0. The number of ether oxygens (including phenoxy) is 1. The molecule has 1 amide bonds. The Morgan fingerprint density at radius 2 is 1.88 bits per heavy atom. The lowest BCUT2D eigenvalue weighted by molar-refractivity contribution is -0.131. The van der Waals surface area contributed by atoms with Crippen molar-refractivity contribution in [1.29, 1.82) is 0 Å². The zero-order valence-electron chi connectivity index (χ0n) is 14.1. The van der Waals surface area contributed by atoms with Crippen molar-refractivity contribution in [2.24, 2.45) is 0 Å². The molecule has 7 nitrogen and oxygen atoms in total. The summed E-state index contributed by atoms with van der Waals surface area (Å²) in [6, 6.07) is 8.01. The summed E-state index contributed by atoms with van der Waals surface area (Å²) < 4.78 is 10.5. The van der Waals surface area contributed by atoms with Crippen LogP contribution in [0.25, 0.3) is 0 Å². The maximum atomic E-state index is 12.3. The zero-order chi connectivity index (χ0) is 16.9. The third-order valence-corrected chi connectivity index (χ3v) is 4.19. The second-order valence-electron chi connectivity index (χ2n) is 5.78. The first-order valence-corrected chi connectivity index (χ1v) is 8.11. The van der Waals surface area contributed by atoms with Gasteiger partial charge in [-0.3, -0.25) is 4.79 Å². The Morgan fingerprint density at radius 1 is 1.17 bits per heavy atom. The molecule has 24 heavy (non-hydrogen) atoms. The van der Waals surface area contributed by atoms with Gasteiger partial charge in [0.05, 0.1) is 7.11 Å². The number of nitrogens with zero attached hydrogens (tertiary/aromatic N) is 4. The fourth-order valence-electron chi connectivity index (χ4n) is 2.82. The van der Waals surface area contributed by atoms with Gasteiger partial charge in [0, 0.05) is 51.6 Å². The van der Waals surface area contributed by atoms with E-state index in [1.165, 1.54) is 0 Å². The molecular formula is C17H22N4O3. The van der Waals surface area contributed by atoms with E-state index in [0.29, 0.717) is 24.6 Å². The molecule has 0 bridgehead atoms. The van der Waals surface area contributed by atoms with E-state index >= 15 is 0 Å². The van der Waals surface area contributed by atoms with Gasteiger partial charge in [-0.05, 0) is 24.3 Å². The van der Waals surface area contributed by atoms with Crippen molar-refractivity contribution in [3.05, 3.63) is 36.0 Å². The molecule has 0 atom stereocenters. The molecule has 1 fully saturated rings. The summed E-state index contributed by atoms with van der Waals surface area (Å²) in [7, 11) is 1.66. The third kappa shape index (κ3) is 3.84. The number of hydrogen-bond acceptors (Lipinski definition) is 6. The van der Waals surface area contributed by atoms with E-state index in [0.717, 1.165) is 37.6 Å². The van der Waals surface area contributed by atoms with Gasteiger partial charge < -0.3 is 19.0 Å². The minimum Gasteiger partial charge on any atom is -0.497 e. The van der Waals surface area contributed by atoms with E-state index in [2.05, 4.69) is 15.1 Å². The fourth-order valence-corrected chi connectivity index (χ4v) is 2.82. The topological polar surface area (TPSA) is 71.7 Å². The first-order chi connectivity index (χ1) is 11.7. The number of amides is 1. The van der Waals surface area contributed by atoms with Crippen molar-refractivity contribution in [3.8, 4) is 5.75 Å². The van der Waals surface area contributed by atoms with Crippen molar-refractivity contribution in [2.45, 2.75) is 19.8 Å². The van der Waals surface area contributed by atoms with E-state index in [1.54, 1.807) is 14.0 Å². The zero-order valence-corrected chi connectivity index (χ0v) is 14.1. The van der Waals surface area contributed by atoms with E-state index < -0.39 is 0 Å². The van der Waals surface area contributed by atoms with Crippen LogP contribution in [0.15, 0.2) is 28.7 Å². The highest BCUT2D eigenvalue weighted by atomic mass is 16.5. The van der Waals surface area contributed by atoms with Crippen LogP contribution in [0.1, 0.15) is 18.2 Å². The molecule has 0 spiro atoms. The van der Waals surface area contributed by atoms with Crippen LogP contribution in [0.3, 0.4) is 0 Å². The Balaban J connectivity index is 1.47. The maximum Gasteiger partial charge on any atom is 0.223 e. The average Bonchev–Trinajstić information content (AvgIpc) is 3.05. The number of piperazine rings is 1. The van der Waals surface area contributed by atoms with Crippen molar-refractivity contribution in [3.63, 3.8) is 0 Å². The van der Waals surface area contributed by atoms with Crippen LogP contribution in [-0.4, -0.2) is 54.3 Å². The Bertz CT molecular complexity index is 675. The first-order valence-electron chi connectivity index (χ1n) is 8.11. The molecular weight excluding hydrogens is 308 g/mol. The molecule has 0 N–H and O–H groups in total. The third-order valence-electron chi connectivity index (χ3n) is 4.19. The van der Waals surface area contributed by atoms with Crippen LogP contribution < -0.4 is 9.64 Å². The maximum absolute atomic E-state index is 12.3. The highest BCUT2D eigenvalue weighted by Gasteiger charge is 2.21. The Morgan fingerprint density at radius 3 is 2.46 bits per heavy atom. The molecule has 0 saturated carbocycles. The Labute approximate surface area is 141 Å². The lowest BCUT2D eigenvalue weighted by Crippen LogP contribution is -2.48. The number of methoxy groups -OCH3 is 1. The normalized spacial score (nSPS) is 14.8. The SMILES string of the molecule is COc1ccc(N2CCN(C(=O)CCc3nnc(C)o3)CC2)cc1. The number of aromatic nitrogens is 2.